The Balaban J connectivity index is 1.77. The molecule has 1 heterocycles. The SMILES string of the molecule is CC(=O)CCOC(=O)CC(=O)c1cc2c(o1)C(=O)c1ccccc1C2=O. The van der Waals surface area contributed by atoms with Crippen molar-refractivity contribution in [3.63, 3.8) is 0 Å². The molecule has 3 rings (SSSR count). The maximum Gasteiger partial charge on any atom is 0.313 e. The van der Waals surface area contributed by atoms with Gasteiger partial charge in [-0.25, -0.2) is 0 Å². The lowest BCUT2D eigenvalue weighted by atomic mass is 9.88. The fraction of sp³-hybridized carbons (Fsp3) is 0.211. The minimum absolute atomic E-state index is 0.00185. The van der Waals surface area contributed by atoms with Crippen molar-refractivity contribution in [3.05, 3.63) is 58.5 Å². The van der Waals surface area contributed by atoms with E-state index < -0.39 is 29.7 Å². The first kappa shape index (κ1) is 17.5. The lowest BCUT2D eigenvalue weighted by molar-refractivity contribution is -0.143. The highest BCUT2D eigenvalue weighted by atomic mass is 16.5. The summed E-state index contributed by atoms with van der Waals surface area (Å²) >= 11 is 0. The van der Waals surface area contributed by atoms with Crippen molar-refractivity contribution in [2.24, 2.45) is 0 Å². The number of rotatable bonds is 6. The number of hydrogen-bond acceptors (Lipinski definition) is 7. The van der Waals surface area contributed by atoms with Crippen molar-refractivity contribution in [2.45, 2.75) is 19.8 Å². The lowest BCUT2D eigenvalue weighted by Gasteiger charge is -2.11. The molecule has 0 amide bonds. The molecule has 0 radical (unpaired) electrons. The van der Waals surface area contributed by atoms with Crippen LogP contribution in [0.25, 0.3) is 0 Å². The first-order chi connectivity index (χ1) is 12.4. The molecule has 26 heavy (non-hydrogen) atoms. The van der Waals surface area contributed by atoms with Gasteiger partial charge in [-0.1, -0.05) is 24.3 Å². The first-order valence-electron chi connectivity index (χ1n) is 7.89. The van der Waals surface area contributed by atoms with Crippen LogP contribution < -0.4 is 0 Å². The number of benzene rings is 1. The Bertz CT molecular complexity index is 896. The third kappa shape index (κ3) is 3.23. The molecular weight excluding hydrogens is 340 g/mol. The highest BCUT2D eigenvalue weighted by Crippen LogP contribution is 2.29. The molecule has 1 aliphatic rings. The molecule has 1 aliphatic carbocycles. The number of furan rings is 1. The molecule has 132 valence electrons. The second-order valence-corrected chi connectivity index (χ2v) is 5.83. The topological polar surface area (TPSA) is 108 Å². The molecule has 0 fully saturated rings. The second kappa shape index (κ2) is 6.87. The predicted molar refractivity (Wildman–Crippen MR) is 87.2 cm³/mol. The molecule has 0 unspecified atom stereocenters. The number of hydrogen-bond donors (Lipinski definition) is 0. The van der Waals surface area contributed by atoms with Crippen molar-refractivity contribution < 1.29 is 33.1 Å². The van der Waals surface area contributed by atoms with Gasteiger partial charge in [0.25, 0.3) is 0 Å². The van der Waals surface area contributed by atoms with Crippen LogP contribution in [0.4, 0.5) is 0 Å². The maximum absolute atomic E-state index is 12.5. The second-order valence-electron chi connectivity index (χ2n) is 5.83. The molecule has 2 aromatic rings. The van der Waals surface area contributed by atoms with Gasteiger partial charge in [0.15, 0.2) is 17.3 Å². The Morgan fingerprint density at radius 3 is 2.31 bits per heavy atom. The molecule has 0 saturated heterocycles. The van der Waals surface area contributed by atoms with Crippen LogP contribution in [0, 0.1) is 0 Å². The molecule has 7 nitrogen and oxygen atoms in total. The number of ether oxygens (including phenoxy) is 1. The predicted octanol–water partition coefficient (Wildman–Crippen LogP) is 2.15. The summed E-state index contributed by atoms with van der Waals surface area (Å²) in [5.74, 6) is -3.03. The van der Waals surface area contributed by atoms with Gasteiger partial charge in [-0.3, -0.25) is 24.0 Å². The van der Waals surface area contributed by atoms with E-state index in [4.69, 9.17) is 9.15 Å². The molecule has 0 spiro atoms. The molecule has 0 atom stereocenters. The van der Waals surface area contributed by atoms with Gasteiger partial charge < -0.3 is 9.15 Å². The standard InChI is InChI=1S/C19H14O7/c1-10(20)6-7-25-16(22)9-14(21)15-8-13-17(23)11-4-2-3-5-12(11)18(24)19(13)26-15/h2-5,8H,6-7,9H2,1H3. The molecule has 0 N–H and O–H groups in total. The van der Waals surface area contributed by atoms with E-state index in [0.717, 1.165) is 0 Å². The third-order valence-corrected chi connectivity index (χ3v) is 3.90. The number of carbonyl (C=O) groups excluding carboxylic acids is 5. The van der Waals surface area contributed by atoms with Crippen LogP contribution in [-0.2, 0) is 14.3 Å². The maximum atomic E-state index is 12.5. The van der Waals surface area contributed by atoms with Crippen molar-refractivity contribution in [1.29, 1.82) is 0 Å². The molecule has 0 saturated carbocycles. The molecule has 1 aromatic carbocycles. The van der Waals surface area contributed by atoms with Crippen molar-refractivity contribution in [1.82, 2.24) is 0 Å². The van der Waals surface area contributed by atoms with Crippen molar-refractivity contribution in [3.8, 4) is 0 Å². The van der Waals surface area contributed by atoms with Crippen molar-refractivity contribution in [2.75, 3.05) is 6.61 Å². The van der Waals surface area contributed by atoms with Crippen LogP contribution in [0.1, 0.15) is 62.4 Å². The van der Waals surface area contributed by atoms with E-state index in [1.807, 2.05) is 0 Å². The molecule has 0 aliphatic heterocycles. The minimum atomic E-state index is -0.813. The summed E-state index contributed by atoms with van der Waals surface area (Å²) in [6, 6.07) is 7.48. The van der Waals surface area contributed by atoms with E-state index in [1.165, 1.54) is 25.1 Å². The average Bonchev–Trinajstić information content (AvgIpc) is 3.05. The number of carbonyl (C=O) groups is 5. The Morgan fingerprint density at radius 2 is 1.65 bits per heavy atom. The quantitative estimate of drug-likeness (QED) is 0.379. The number of ketones is 4. The average molecular weight is 354 g/mol. The summed E-state index contributed by atoms with van der Waals surface area (Å²) in [5, 5.41) is 0. The zero-order valence-corrected chi connectivity index (χ0v) is 13.9. The third-order valence-electron chi connectivity index (χ3n) is 3.90. The van der Waals surface area contributed by atoms with Crippen LogP contribution >= 0.6 is 0 Å². The van der Waals surface area contributed by atoms with Crippen LogP contribution in [0.15, 0.2) is 34.7 Å². The number of Topliss-reactive ketones (excluding diaryl/α,β-unsaturated/α-hetero) is 2. The lowest BCUT2D eigenvalue weighted by Crippen LogP contribution is -2.18. The molecular formula is C19H14O7. The van der Waals surface area contributed by atoms with Gasteiger partial charge in [0, 0.05) is 17.5 Å². The summed E-state index contributed by atoms with van der Waals surface area (Å²) in [6.45, 7) is 1.25. The van der Waals surface area contributed by atoms with Crippen LogP contribution in [0.2, 0.25) is 0 Å². The van der Waals surface area contributed by atoms with Gasteiger partial charge >= 0.3 is 5.97 Å². The van der Waals surface area contributed by atoms with E-state index in [1.54, 1.807) is 12.1 Å². The van der Waals surface area contributed by atoms with Gasteiger partial charge in [-0.2, -0.15) is 0 Å². The van der Waals surface area contributed by atoms with Gasteiger partial charge in [0.2, 0.25) is 11.6 Å². The fourth-order valence-corrected chi connectivity index (χ4v) is 2.59. The summed E-state index contributed by atoms with van der Waals surface area (Å²) in [5.41, 5.74) is 0.456. The summed E-state index contributed by atoms with van der Waals surface area (Å²) in [4.78, 5) is 59.5. The van der Waals surface area contributed by atoms with E-state index >= 15 is 0 Å². The smallest absolute Gasteiger partial charge is 0.313 e. The zero-order valence-electron chi connectivity index (χ0n) is 13.9. The Hall–Kier alpha value is -3.35. The van der Waals surface area contributed by atoms with Gasteiger partial charge in [0.1, 0.15) is 12.2 Å². The highest BCUT2D eigenvalue weighted by molar-refractivity contribution is 6.28. The normalized spacial score (nSPS) is 12.3. The molecule has 7 heteroatoms. The molecule has 0 bridgehead atoms. The summed E-state index contributed by atoms with van der Waals surface area (Å²) in [7, 11) is 0. The Labute approximate surface area is 147 Å². The Morgan fingerprint density at radius 1 is 1.00 bits per heavy atom. The number of esters is 1. The van der Waals surface area contributed by atoms with Crippen molar-refractivity contribution >= 4 is 29.1 Å². The fourth-order valence-electron chi connectivity index (χ4n) is 2.59. The van der Waals surface area contributed by atoms with Crippen LogP contribution in [0.3, 0.4) is 0 Å². The monoisotopic (exact) mass is 354 g/mol. The Kier molecular flexibility index (Phi) is 4.62. The summed E-state index contributed by atoms with van der Waals surface area (Å²) < 4.78 is 10.1. The van der Waals surface area contributed by atoms with E-state index in [0.29, 0.717) is 0 Å². The highest BCUT2D eigenvalue weighted by Gasteiger charge is 2.34. The van der Waals surface area contributed by atoms with Gasteiger partial charge in [-0.05, 0) is 13.0 Å². The minimum Gasteiger partial charge on any atom is -0.465 e. The van der Waals surface area contributed by atoms with E-state index in [9.17, 15) is 24.0 Å². The number of fused-ring (bicyclic) bond motifs is 2. The van der Waals surface area contributed by atoms with E-state index in [2.05, 4.69) is 0 Å². The zero-order chi connectivity index (χ0) is 18.8. The largest absolute Gasteiger partial charge is 0.465 e. The summed E-state index contributed by atoms with van der Waals surface area (Å²) in [6.07, 6.45) is -0.546. The first-order valence-corrected chi connectivity index (χ1v) is 7.89. The van der Waals surface area contributed by atoms with Crippen LogP contribution in [0.5, 0.6) is 0 Å². The van der Waals surface area contributed by atoms with Crippen LogP contribution in [-0.4, -0.2) is 35.7 Å². The van der Waals surface area contributed by atoms with Gasteiger partial charge in [-0.15, -0.1) is 0 Å². The van der Waals surface area contributed by atoms with E-state index in [-0.39, 0.29) is 47.0 Å². The molecule has 1 aromatic heterocycles. The van der Waals surface area contributed by atoms with Gasteiger partial charge in [0.05, 0.1) is 12.2 Å².